The first-order valence-electron chi connectivity index (χ1n) is 15.6. The number of rotatable bonds is 10. The molecule has 0 unspecified atom stereocenters. The highest BCUT2D eigenvalue weighted by Gasteiger charge is 2.28. The molecule has 0 radical (unpaired) electrons. The topological polar surface area (TPSA) is 131 Å². The molecule has 44 heavy (non-hydrogen) atoms. The summed E-state index contributed by atoms with van der Waals surface area (Å²) in [5.74, 6) is 2.31. The van der Waals surface area contributed by atoms with Crippen molar-refractivity contribution in [3.63, 3.8) is 0 Å². The lowest BCUT2D eigenvalue weighted by Gasteiger charge is -2.33. The predicted octanol–water partition coefficient (Wildman–Crippen LogP) is 5.09. The summed E-state index contributed by atoms with van der Waals surface area (Å²) in [5.41, 5.74) is 4.20. The van der Waals surface area contributed by atoms with E-state index >= 15 is 0 Å². The van der Waals surface area contributed by atoms with Crippen LogP contribution in [0, 0.1) is 19.8 Å². The number of hydrogen-bond acceptors (Lipinski definition) is 7. The standard InChI is InChI=1S/C34H40N6O4/c1-20-3-6-30(21(2)13-20)44-19-25(41)16-36-27-7-10-35-33(42)31(27)32-37-28-14-23-18-40(34(43)26(23)15-29(28)38-32)24-8-11-39(12-9-24)17-22-4-5-22/h3,6-7,10,13-15,18,22,24-25,41,43H,4-5,8-9,11-12,16-17,19H2,1-2H3,(H,37,38)(H2,35,36,42)/t25-/m1/s1. The van der Waals surface area contributed by atoms with Gasteiger partial charge in [-0.15, -0.1) is 0 Å². The van der Waals surface area contributed by atoms with E-state index in [0.29, 0.717) is 22.6 Å². The highest BCUT2D eigenvalue weighted by atomic mass is 16.5. The Hall–Kier alpha value is -4.28. The highest BCUT2D eigenvalue weighted by molar-refractivity contribution is 5.99. The van der Waals surface area contributed by atoms with Crippen molar-refractivity contribution in [2.75, 3.05) is 38.1 Å². The Kier molecular flexibility index (Phi) is 7.55. The fraction of sp³-hybridized carbons (Fsp3) is 0.412. The van der Waals surface area contributed by atoms with Crippen LogP contribution in [0.4, 0.5) is 5.69 Å². The molecular weight excluding hydrogens is 556 g/mol. The van der Waals surface area contributed by atoms with Crippen LogP contribution in [0.1, 0.15) is 42.9 Å². The molecule has 4 heterocycles. The fourth-order valence-electron chi connectivity index (χ4n) is 6.46. The summed E-state index contributed by atoms with van der Waals surface area (Å²) in [6.07, 6.45) is 7.60. The molecule has 10 heteroatoms. The maximum Gasteiger partial charge on any atom is 0.261 e. The zero-order chi connectivity index (χ0) is 30.4. The zero-order valence-electron chi connectivity index (χ0n) is 25.3. The third-order valence-electron chi connectivity index (χ3n) is 9.07. The van der Waals surface area contributed by atoms with Gasteiger partial charge in [-0.05, 0) is 75.3 Å². The summed E-state index contributed by atoms with van der Waals surface area (Å²) in [4.78, 5) is 26.4. The third kappa shape index (κ3) is 5.79. The van der Waals surface area contributed by atoms with Gasteiger partial charge < -0.3 is 39.7 Å². The van der Waals surface area contributed by atoms with E-state index in [1.165, 1.54) is 19.4 Å². The number of ether oxygens (including phenoxy) is 1. The van der Waals surface area contributed by atoms with Crippen LogP contribution in [0.15, 0.2) is 53.6 Å². The number of pyridine rings is 1. The summed E-state index contributed by atoms with van der Waals surface area (Å²) < 4.78 is 7.85. The van der Waals surface area contributed by atoms with Gasteiger partial charge in [0.15, 0.2) is 5.88 Å². The van der Waals surface area contributed by atoms with Gasteiger partial charge in [-0.25, -0.2) is 4.98 Å². The van der Waals surface area contributed by atoms with E-state index in [1.807, 2.05) is 54.9 Å². The van der Waals surface area contributed by atoms with Gasteiger partial charge >= 0.3 is 0 Å². The van der Waals surface area contributed by atoms with Gasteiger partial charge in [-0.2, -0.15) is 0 Å². The number of aromatic amines is 2. The van der Waals surface area contributed by atoms with Gasteiger partial charge in [-0.3, -0.25) is 4.79 Å². The van der Waals surface area contributed by atoms with E-state index in [4.69, 9.17) is 9.72 Å². The van der Waals surface area contributed by atoms with Crippen molar-refractivity contribution in [3.8, 4) is 23.0 Å². The number of benzene rings is 2. The van der Waals surface area contributed by atoms with Crippen LogP contribution >= 0.6 is 0 Å². The van der Waals surface area contributed by atoms with Crippen LogP contribution in [0.5, 0.6) is 11.6 Å². The Balaban J connectivity index is 1.07. The van der Waals surface area contributed by atoms with Crippen molar-refractivity contribution in [1.82, 2.24) is 24.4 Å². The van der Waals surface area contributed by atoms with Crippen LogP contribution < -0.4 is 15.6 Å². The first kappa shape index (κ1) is 28.5. The Labute approximate surface area is 255 Å². The number of nitrogens with zero attached hydrogens (tertiary/aromatic N) is 3. The Morgan fingerprint density at radius 2 is 1.93 bits per heavy atom. The smallest absolute Gasteiger partial charge is 0.261 e. The molecule has 10 nitrogen and oxygen atoms in total. The number of likely N-dealkylation sites (tertiary alicyclic amines) is 1. The molecule has 3 aromatic heterocycles. The quantitative estimate of drug-likeness (QED) is 0.152. The van der Waals surface area contributed by atoms with Crippen LogP contribution in [0.2, 0.25) is 0 Å². The molecule has 2 fully saturated rings. The number of piperidine rings is 1. The molecule has 2 aliphatic rings. The Morgan fingerprint density at radius 1 is 1.11 bits per heavy atom. The zero-order valence-corrected chi connectivity index (χ0v) is 25.3. The number of imidazole rings is 1. The first-order valence-corrected chi connectivity index (χ1v) is 15.6. The summed E-state index contributed by atoms with van der Waals surface area (Å²) in [5, 5.41) is 26.7. The van der Waals surface area contributed by atoms with Gasteiger partial charge in [0.1, 0.15) is 29.8 Å². The van der Waals surface area contributed by atoms with Crippen molar-refractivity contribution >= 4 is 27.5 Å². The number of aliphatic hydroxyl groups excluding tert-OH is 1. The molecular formula is C34H40N6O4. The average Bonchev–Trinajstić information content (AvgIpc) is 3.64. The van der Waals surface area contributed by atoms with Gasteiger partial charge in [0.05, 0.1) is 16.7 Å². The molecule has 230 valence electrons. The van der Waals surface area contributed by atoms with Crippen molar-refractivity contribution < 1.29 is 14.9 Å². The number of aromatic hydroxyl groups is 1. The van der Waals surface area contributed by atoms with E-state index < -0.39 is 6.10 Å². The molecule has 1 aliphatic carbocycles. The van der Waals surface area contributed by atoms with Crippen LogP contribution in [0.25, 0.3) is 33.2 Å². The van der Waals surface area contributed by atoms with Crippen molar-refractivity contribution in [2.45, 2.75) is 51.7 Å². The molecule has 1 saturated carbocycles. The number of H-pyrrole nitrogens is 2. The molecule has 0 spiro atoms. The van der Waals surface area contributed by atoms with Gasteiger partial charge in [0.25, 0.3) is 5.56 Å². The van der Waals surface area contributed by atoms with E-state index in [2.05, 4.69) is 20.2 Å². The number of anilines is 1. The first-order chi connectivity index (χ1) is 21.3. The SMILES string of the molecule is Cc1ccc(OC[C@H](O)CNc2cc[nH]c(=O)c2-c2nc3cc4c(O)n(C5CCN(CC6CC6)CC5)cc4cc3[nH]2)c(C)c1. The minimum absolute atomic E-state index is 0.110. The fourth-order valence-corrected chi connectivity index (χ4v) is 6.46. The van der Waals surface area contributed by atoms with E-state index in [-0.39, 0.29) is 30.6 Å². The molecule has 5 N–H and O–H groups in total. The Morgan fingerprint density at radius 3 is 2.70 bits per heavy atom. The maximum absolute atomic E-state index is 13.0. The second-order valence-electron chi connectivity index (χ2n) is 12.6. The minimum atomic E-state index is -0.802. The lowest BCUT2D eigenvalue weighted by Crippen LogP contribution is -2.35. The van der Waals surface area contributed by atoms with E-state index in [1.54, 1.807) is 12.3 Å². The highest BCUT2D eigenvalue weighted by Crippen LogP contribution is 2.38. The lowest BCUT2D eigenvalue weighted by molar-refractivity contribution is 0.117. The number of aliphatic hydroxyl groups is 1. The lowest BCUT2D eigenvalue weighted by atomic mass is 10.0. The molecule has 0 bridgehead atoms. The summed E-state index contributed by atoms with van der Waals surface area (Å²) in [6.45, 7) is 7.65. The van der Waals surface area contributed by atoms with Crippen molar-refractivity contribution in [3.05, 3.63) is 70.3 Å². The third-order valence-corrected chi connectivity index (χ3v) is 9.07. The number of nitrogens with one attached hydrogen (secondary N) is 3. The molecule has 1 saturated heterocycles. The summed E-state index contributed by atoms with van der Waals surface area (Å²) in [6, 6.07) is 11.8. The number of aryl methyl sites for hydroxylation is 2. The molecule has 5 aromatic rings. The number of fused-ring (bicyclic) bond motifs is 2. The second-order valence-corrected chi connectivity index (χ2v) is 12.6. The van der Waals surface area contributed by atoms with Crippen LogP contribution in [-0.4, -0.2) is 73.5 Å². The van der Waals surface area contributed by atoms with Gasteiger partial charge in [0, 0.05) is 55.4 Å². The average molecular weight is 597 g/mol. The molecule has 2 aromatic carbocycles. The van der Waals surface area contributed by atoms with Gasteiger partial charge in [-0.1, -0.05) is 17.7 Å². The predicted molar refractivity (Wildman–Crippen MR) is 173 cm³/mol. The molecule has 0 amide bonds. The van der Waals surface area contributed by atoms with Crippen LogP contribution in [0.3, 0.4) is 0 Å². The van der Waals surface area contributed by atoms with E-state index in [9.17, 15) is 15.0 Å². The second kappa shape index (κ2) is 11.7. The van der Waals surface area contributed by atoms with Gasteiger partial charge in [0.2, 0.25) is 0 Å². The summed E-state index contributed by atoms with van der Waals surface area (Å²) >= 11 is 0. The van der Waals surface area contributed by atoms with Crippen molar-refractivity contribution in [2.24, 2.45) is 5.92 Å². The largest absolute Gasteiger partial charge is 0.494 e. The molecule has 1 aliphatic heterocycles. The maximum atomic E-state index is 13.0. The number of aromatic nitrogens is 4. The minimum Gasteiger partial charge on any atom is -0.494 e. The van der Waals surface area contributed by atoms with Crippen LogP contribution in [-0.2, 0) is 0 Å². The van der Waals surface area contributed by atoms with E-state index in [0.717, 1.165) is 65.0 Å². The Bertz CT molecular complexity index is 1860. The summed E-state index contributed by atoms with van der Waals surface area (Å²) in [7, 11) is 0. The molecule has 7 rings (SSSR count). The molecule has 1 atom stereocenters. The monoisotopic (exact) mass is 596 g/mol. The number of hydrogen-bond donors (Lipinski definition) is 5. The van der Waals surface area contributed by atoms with Crippen molar-refractivity contribution in [1.29, 1.82) is 0 Å². The normalized spacial score (nSPS) is 17.0.